The van der Waals surface area contributed by atoms with E-state index in [1.165, 1.54) is 11.8 Å². The molecule has 0 aromatic rings. The summed E-state index contributed by atoms with van der Waals surface area (Å²) in [4.78, 5) is 15.7. The van der Waals surface area contributed by atoms with Gasteiger partial charge in [0.15, 0.2) is 0 Å². The lowest BCUT2D eigenvalue weighted by molar-refractivity contribution is -0.208. The van der Waals surface area contributed by atoms with Gasteiger partial charge in [0.1, 0.15) is 35.9 Å². The van der Waals surface area contributed by atoms with Gasteiger partial charge in [0, 0.05) is 19.0 Å². The molecule has 3 heterocycles. The smallest absolute Gasteiger partial charge is 0.388 e. The number of aliphatic hydroxyl groups excluding tert-OH is 3. The Labute approximate surface area is 239 Å². The first-order valence-corrected chi connectivity index (χ1v) is 15.5. The number of carbonyl (C=O) groups is 1. The van der Waals surface area contributed by atoms with Crippen LogP contribution in [-0.4, -0.2) is 107 Å². The van der Waals surface area contributed by atoms with E-state index in [0.29, 0.717) is 25.7 Å². The number of allylic oxidation sites excluding steroid dienone is 1. The zero-order chi connectivity index (χ0) is 29.3. The molecule has 1 saturated heterocycles. The average Bonchev–Trinajstić information content (AvgIpc) is 3.17. The van der Waals surface area contributed by atoms with Crippen LogP contribution in [0.5, 0.6) is 0 Å². The quantitative estimate of drug-likeness (QED) is 0.187. The van der Waals surface area contributed by atoms with Crippen molar-refractivity contribution in [2.45, 2.75) is 93.6 Å². The van der Waals surface area contributed by atoms with E-state index in [0.717, 1.165) is 25.9 Å². The molecule has 0 saturated carbocycles. The highest BCUT2D eigenvalue weighted by molar-refractivity contribution is 7.99. The molecule has 40 heavy (non-hydrogen) atoms. The number of hydrogen-bond donors (Lipinski definition) is 6. The molecular weight excluding hydrogens is 549 g/mol. The number of halogens is 3. The molecule has 0 aromatic carbocycles. The Kier molecular flexibility index (Phi) is 12.9. The van der Waals surface area contributed by atoms with Crippen molar-refractivity contribution in [1.82, 2.24) is 20.9 Å². The van der Waals surface area contributed by atoms with Gasteiger partial charge >= 0.3 is 6.18 Å². The molecule has 9 nitrogen and oxygen atoms in total. The van der Waals surface area contributed by atoms with Gasteiger partial charge < -0.3 is 40.9 Å². The Morgan fingerprint density at radius 1 is 1.18 bits per heavy atom. The molecule has 0 aliphatic carbocycles. The first kappa shape index (κ1) is 33.0. The van der Waals surface area contributed by atoms with Crippen LogP contribution in [0.15, 0.2) is 24.6 Å². The van der Waals surface area contributed by atoms with Crippen molar-refractivity contribution in [2.75, 3.05) is 32.4 Å². The van der Waals surface area contributed by atoms with Crippen LogP contribution in [0.1, 0.15) is 45.4 Å². The summed E-state index contributed by atoms with van der Waals surface area (Å²) in [7, 11) is 0. The topological polar surface area (TPSA) is 126 Å². The third-order valence-corrected chi connectivity index (χ3v) is 8.68. The van der Waals surface area contributed by atoms with Crippen LogP contribution in [0.2, 0.25) is 0 Å². The third kappa shape index (κ3) is 9.52. The van der Waals surface area contributed by atoms with Crippen molar-refractivity contribution in [3.05, 3.63) is 24.6 Å². The molecule has 3 aliphatic heterocycles. The molecule has 3 rings (SSSR count). The fourth-order valence-electron chi connectivity index (χ4n) is 5.59. The van der Waals surface area contributed by atoms with E-state index >= 15 is 0 Å². The van der Waals surface area contributed by atoms with Gasteiger partial charge in [-0.05, 0) is 69.6 Å². The molecule has 3 aliphatic rings. The lowest BCUT2D eigenvalue weighted by Crippen LogP contribution is -2.65. The zero-order valence-corrected chi connectivity index (χ0v) is 24.0. The van der Waals surface area contributed by atoms with Crippen molar-refractivity contribution in [3.8, 4) is 0 Å². The van der Waals surface area contributed by atoms with Gasteiger partial charge in [0.2, 0.25) is 5.91 Å². The van der Waals surface area contributed by atoms with Gasteiger partial charge in [-0.3, -0.25) is 4.79 Å². The van der Waals surface area contributed by atoms with Crippen LogP contribution in [0.3, 0.4) is 0 Å². The minimum atomic E-state index is -4.22. The zero-order valence-electron chi connectivity index (χ0n) is 23.2. The van der Waals surface area contributed by atoms with E-state index in [-0.39, 0.29) is 24.3 Å². The van der Waals surface area contributed by atoms with Crippen molar-refractivity contribution >= 4 is 17.7 Å². The SMILES string of the molecule is CCCN1C=CC(C(NC(=O)[C@@H]2CC[C@H](CCCNCC(F)(F)F)C=CN2)[C@H]2OC(SC)[C@H](O)C(O)C2O)CC1. The fourth-order valence-corrected chi connectivity index (χ4v) is 6.27. The van der Waals surface area contributed by atoms with E-state index in [9.17, 15) is 33.3 Å². The number of nitrogens with zero attached hydrogens (tertiary/aromatic N) is 1. The maximum Gasteiger partial charge on any atom is 0.401 e. The largest absolute Gasteiger partial charge is 0.401 e. The Hall–Kier alpha value is -1.51. The highest BCUT2D eigenvalue weighted by Crippen LogP contribution is 2.33. The van der Waals surface area contributed by atoms with Crippen molar-refractivity contribution < 1.29 is 38.0 Å². The number of ether oxygens (including phenoxy) is 1. The summed E-state index contributed by atoms with van der Waals surface area (Å²) < 4.78 is 43.0. The van der Waals surface area contributed by atoms with E-state index < -0.39 is 54.7 Å². The number of alkyl halides is 3. The second-order valence-corrected chi connectivity index (χ2v) is 11.8. The Morgan fingerprint density at radius 3 is 2.60 bits per heavy atom. The summed E-state index contributed by atoms with van der Waals surface area (Å²) in [6.07, 6.45) is 4.50. The first-order chi connectivity index (χ1) is 19.0. The molecule has 5 unspecified atom stereocenters. The molecule has 0 aromatic heterocycles. The second kappa shape index (κ2) is 15.6. The Bertz CT molecular complexity index is 849. The van der Waals surface area contributed by atoms with Gasteiger partial charge in [-0.25, -0.2) is 0 Å². The van der Waals surface area contributed by atoms with Gasteiger partial charge in [0.05, 0.1) is 12.6 Å². The normalized spacial score (nSPS) is 33.8. The predicted octanol–water partition coefficient (Wildman–Crippen LogP) is 1.70. The average molecular weight is 595 g/mol. The second-order valence-electron chi connectivity index (χ2n) is 10.9. The summed E-state index contributed by atoms with van der Waals surface area (Å²) in [6, 6.07) is -1.17. The summed E-state index contributed by atoms with van der Waals surface area (Å²) in [5.74, 6) is -0.273. The molecule has 13 heteroatoms. The van der Waals surface area contributed by atoms with Crippen LogP contribution in [-0.2, 0) is 9.53 Å². The molecule has 1 fully saturated rings. The van der Waals surface area contributed by atoms with Crippen molar-refractivity contribution in [2.24, 2.45) is 11.8 Å². The molecule has 1 amide bonds. The predicted molar refractivity (Wildman–Crippen MR) is 148 cm³/mol. The van der Waals surface area contributed by atoms with E-state index in [2.05, 4.69) is 27.8 Å². The number of aliphatic hydroxyl groups is 3. The maximum absolute atomic E-state index is 13.5. The Balaban J connectivity index is 1.63. The standard InChI is InChI=1S/C27H45F3N4O5S/c1-3-13-34-14-9-18(10-15-34)20(24-22(36)21(35)23(37)26(39-24)40-2)33-25(38)19-7-6-17(8-12-32-19)5-4-11-31-16-27(28,29)30/h8-9,12,14,17-24,26,31-32,35-37H,3-7,10-11,13,15-16H2,1-2H3,(H,33,38)/t17-,18?,19-,20?,21?,22?,23+,24+,26?/m0/s1. The fraction of sp³-hybridized carbons (Fsp3) is 0.815. The minimum absolute atomic E-state index is 0.141. The molecular formula is C27H45F3N4O5S. The molecule has 230 valence electrons. The highest BCUT2D eigenvalue weighted by atomic mass is 32.2. The van der Waals surface area contributed by atoms with Crippen molar-refractivity contribution in [3.63, 3.8) is 0 Å². The summed E-state index contributed by atoms with van der Waals surface area (Å²) in [6.45, 7) is 3.08. The van der Waals surface area contributed by atoms with E-state index in [1.807, 2.05) is 18.4 Å². The van der Waals surface area contributed by atoms with E-state index in [1.54, 1.807) is 12.5 Å². The van der Waals surface area contributed by atoms with Crippen LogP contribution in [0.25, 0.3) is 0 Å². The monoisotopic (exact) mass is 594 g/mol. The van der Waals surface area contributed by atoms with E-state index in [4.69, 9.17) is 4.74 Å². The highest BCUT2D eigenvalue weighted by Gasteiger charge is 2.48. The minimum Gasteiger partial charge on any atom is -0.388 e. The van der Waals surface area contributed by atoms with Crippen LogP contribution in [0, 0.1) is 11.8 Å². The van der Waals surface area contributed by atoms with Crippen molar-refractivity contribution in [1.29, 1.82) is 0 Å². The van der Waals surface area contributed by atoms with Gasteiger partial charge in [0.25, 0.3) is 0 Å². The summed E-state index contributed by atoms with van der Waals surface area (Å²) in [5.41, 5.74) is -0.753. The molecule has 0 bridgehead atoms. The number of carbonyl (C=O) groups excluding carboxylic acids is 1. The molecule has 9 atom stereocenters. The number of amides is 1. The third-order valence-electron chi connectivity index (χ3n) is 7.83. The lowest BCUT2D eigenvalue weighted by atomic mass is 9.84. The van der Waals surface area contributed by atoms with Crippen LogP contribution >= 0.6 is 11.8 Å². The number of rotatable bonds is 12. The molecule has 6 N–H and O–H groups in total. The van der Waals surface area contributed by atoms with Gasteiger partial charge in [-0.15, -0.1) is 11.8 Å². The van der Waals surface area contributed by atoms with Gasteiger partial charge in [-0.1, -0.05) is 19.1 Å². The summed E-state index contributed by atoms with van der Waals surface area (Å²) >= 11 is 1.23. The lowest BCUT2D eigenvalue weighted by Gasteiger charge is -2.45. The van der Waals surface area contributed by atoms with Crippen LogP contribution in [0.4, 0.5) is 13.2 Å². The molecule has 0 radical (unpaired) electrons. The van der Waals surface area contributed by atoms with Gasteiger partial charge in [-0.2, -0.15) is 13.2 Å². The summed E-state index contributed by atoms with van der Waals surface area (Å²) in [5, 5.41) is 40.4. The number of thioether (sulfide) groups is 1. The molecule has 0 spiro atoms. The first-order valence-electron chi connectivity index (χ1n) is 14.2. The Morgan fingerprint density at radius 2 is 1.95 bits per heavy atom. The number of nitrogens with one attached hydrogen (secondary N) is 3. The van der Waals surface area contributed by atoms with Crippen LogP contribution < -0.4 is 16.0 Å². The maximum atomic E-state index is 13.5. The number of hydrogen-bond acceptors (Lipinski definition) is 9.